The van der Waals surface area contributed by atoms with Crippen LogP contribution in [0.2, 0.25) is 0 Å². The Morgan fingerprint density at radius 1 is 0.960 bits per heavy atom. The Morgan fingerprint density at radius 2 is 1.62 bits per heavy atom. The molecule has 8 heteroatoms. The van der Waals surface area contributed by atoms with Crippen LogP contribution in [0, 0.1) is 25.7 Å². The van der Waals surface area contributed by atoms with Crippen LogP contribution in [-0.4, -0.2) is 46.2 Å². The monoisotopic (exact) mass is 672 g/mol. The number of benzene rings is 3. The zero-order valence-electron chi connectivity index (χ0n) is 29.7. The van der Waals surface area contributed by atoms with E-state index in [1.807, 2.05) is 86.7 Å². The molecule has 260 valence electrons. The number of amides is 3. The van der Waals surface area contributed by atoms with Crippen molar-refractivity contribution in [1.82, 2.24) is 15.2 Å². The Balaban J connectivity index is 1.51. The predicted octanol–water partition coefficient (Wildman–Crippen LogP) is 7.09. The van der Waals surface area contributed by atoms with E-state index in [1.165, 1.54) is 18.1 Å². The Labute approximate surface area is 296 Å². The number of hydrogen-bond acceptors (Lipinski definition) is 5. The maximum absolute atomic E-state index is 14.9. The minimum atomic E-state index is -1.00. The van der Waals surface area contributed by atoms with Gasteiger partial charge >= 0.3 is 0 Å². The number of hydrogen-bond donors (Lipinski definition) is 2. The number of pyridine rings is 1. The first-order valence-corrected chi connectivity index (χ1v) is 17.4. The van der Waals surface area contributed by atoms with E-state index in [1.54, 1.807) is 23.2 Å². The summed E-state index contributed by atoms with van der Waals surface area (Å²) in [5, 5.41) is 6.07. The third-order valence-corrected chi connectivity index (χ3v) is 9.40. The number of rotatable bonds is 14. The molecule has 0 aliphatic heterocycles. The number of carbonyl (C=O) groups is 3. The standard InChI is InChI=1S/C42H48N4O4/c1-6-28(2)26-46(42(49)40(44-31(5)47)36-23-33-16-10-11-17-34(33)24-36)38(21-20-35-25-43-30(4)22-29(35)3)41(48)45-37-18-12-13-19-39(37)50-27-32-14-8-7-9-15-32/h7-22,25,28,36,38,40H,6,23-24,26-27H2,1-5H3,(H,44,47)(H,45,48)/b21-20+/t28-,38?,40+/m0/s1. The Morgan fingerprint density at radius 3 is 2.28 bits per heavy atom. The first kappa shape index (κ1) is 36.1. The molecule has 0 bridgehead atoms. The molecule has 2 N–H and O–H groups in total. The largest absolute Gasteiger partial charge is 0.487 e. The van der Waals surface area contributed by atoms with E-state index >= 15 is 0 Å². The second-order valence-electron chi connectivity index (χ2n) is 13.4. The first-order chi connectivity index (χ1) is 24.1. The summed E-state index contributed by atoms with van der Waals surface area (Å²) >= 11 is 0. The Kier molecular flexibility index (Phi) is 12.2. The van der Waals surface area contributed by atoms with E-state index in [9.17, 15) is 14.4 Å². The highest BCUT2D eigenvalue weighted by atomic mass is 16.5. The fraction of sp³-hybridized carbons (Fsp3) is 0.333. The molecule has 0 spiro atoms. The van der Waals surface area contributed by atoms with Gasteiger partial charge in [-0.25, -0.2) is 0 Å². The van der Waals surface area contributed by atoms with Crippen molar-refractivity contribution >= 4 is 29.5 Å². The molecule has 3 aromatic carbocycles. The highest BCUT2D eigenvalue weighted by Gasteiger charge is 2.39. The van der Waals surface area contributed by atoms with Crippen molar-refractivity contribution in [3.8, 4) is 5.75 Å². The fourth-order valence-corrected chi connectivity index (χ4v) is 6.46. The van der Waals surface area contributed by atoms with Crippen LogP contribution >= 0.6 is 0 Å². The second kappa shape index (κ2) is 16.9. The minimum Gasteiger partial charge on any atom is -0.487 e. The lowest BCUT2D eigenvalue weighted by atomic mass is 9.93. The van der Waals surface area contributed by atoms with E-state index < -0.39 is 12.1 Å². The smallest absolute Gasteiger partial charge is 0.251 e. The van der Waals surface area contributed by atoms with Gasteiger partial charge in [-0.1, -0.05) is 99.2 Å². The van der Waals surface area contributed by atoms with Gasteiger partial charge < -0.3 is 20.3 Å². The van der Waals surface area contributed by atoms with Gasteiger partial charge in [-0.3, -0.25) is 19.4 Å². The highest BCUT2D eigenvalue weighted by Crippen LogP contribution is 2.31. The van der Waals surface area contributed by atoms with Crippen LogP contribution in [0.3, 0.4) is 0 Å². The lowest BCUT2D eigenvalue weighted by molar-refractivity contribution is -0.142. The van der Waals surface area contributed by atoms with Crippen molar-refractivity contribution < 1.29 is 19.1 Å². The van der Waals surface area contributed by atoms with Crippen molar-refractivity contribution in [2.45, 2.75) is 72.6 Å². The quantitative estimate of drug-likeness (QED) is 0.149. The number of aromatic nitrogens is 1. The third-order valence-electron chi connectivity index (χ3n) is 9.40. The van der Waals surface area contributed by atoms with E-state index in [4.69, 9.17) is 4.74 Å². The van der Waals surface area contributed by atoms with Crippen molar-refractivity contribution in [3.05, 3.63) is 131 Å². The maximum atomic E-state index is 14.9. The number of nitrogens with zero attached hydrogens (tertiary/aromatic N) is 2. The van der Waals surface area contributed by atoms with Gasteiger partial charge in [-0.15, -0.1) is 0 Å². The summed E-state index contributed by atoms with van der Waals surface area (Å²) in [4.78, 5) is 48.1. The molecule has 4 aromatic rings. The molecule has 3 atom stereocenters. The molecule has 1 unspecified atom stereocenters. The van der Waals surface area contributed by atoms with Crippen molar-refractivity contribution in [1.29, 1.82) is 0 Å². The predicted molar refractivity (Wildman–Crippen MR) is 198 cm³/mol. The Hall–Kier alpha value is -5.24. The zero-order chi connectivity index (χ0) is 35.6. The molecule has 0 saturated carbocycles. The molecule has 50 heavy (non-hydrogen) atoms. The maximum Gasteiger partial charge on any atom is 0.251 e. The van der Waals surface area contributed by atoms with E-state index in [0.29, 0.717) is 37.4 Å². The van der Waals surface area contributed by atoms with E-state index in [2.05, 4.69) is 41.6 Å². The normalized spacial score (nSPS) is 14.4. The summed E-state index contributed by atoms with van der Waals surface area (Å²) in [6, 6.07) is 25.5. The van der Waals surface area contributed by atoms with Gasteiger partial charge in [0.05, 0.1) is 5.69 Å². The number of nitrogens with one attached hydrogen (secondary N) is 2. The Bertz CT molecular complexity index is 1800. The first-order valence-electron chi connectivity index (χ1n) is 17.4. The van der Waals surface area contributed by atoms with Crippen LogP contribution in [-0.2, 0) is 33.8 Å². The minimum absolute atomic E-state index is 0.0886. The van der Waals surface area contributed by atoms with Crippen molar-refractivity contribution in [2.75, 3.05) is 11.9 Å². The van der Waals surface area contributed by atoms with Gasteiger partial charge in [0.2, 0.25) is 11.8 Å². The van der Waals surface area contributed by atoms with Crippen LogP contribution < -0.4 is 15.4 Å². The number of ether oxygens (including phenoxy) is 1. The molecule has 0 saturated heterocycles. The molecule has 1 aliphatic carbocycles. The lowest BCUT2D eigenvalue weighted by Crippen LogP contribution is -2.57. The summed E-state index contributed by atoms with van der Waals surface area (Å²) < 4.78 is 6.16. The summed E-state index contributed by atoms with van der Waals surface area (Å²) in [5.41, 5.74) is 6.61. The van der Waals surface area contributed by atoms with Gasteiger partial charge in [-0.2, -0.15) is 0 Å². The molecule has 0 fully saturated rings. The van der Waals surface area contributed by atoms with E-state index in [0.717, 1.165) is 28.8 Å². The topological polar surface area (TPSA) is 101 Å². The summed E-state index contributed by atoms with van der Waals surface area (Å²) in [5.74, 6) is -0.494. The lowest BCUT2D eigenvalue weighted by Gasteiger charge is -2.36. The number of anilines is 1. The number of carbonyl (C=O) groups excluding carboxylic acids is 3. The summed E-state index contributed by atoms with van der Waals surface area (Å²) in [7, 11) is 0. The third kappa shape index (κ3) is 9.26. The number of para-hydroxylation sites is 2. The fourth-order valence-electron chi connectivity index (χ4n) is 6.46. The van der Waals surface area contributed by atoms with Gasteiger partial charge in [0.1, 0.15) is 24.4 Å². The van der Waals surface area contributed by atoms with E-state index in [-0.39, 0.29) is 29.6 Å². The number of fused-ring (bicyclic) bond motifs is 1. The van der Waals surface area contributed by atoms with Crippen LogP contribution in [0.5, 0.6) is 5.75 Å². The van der Waals surface area contributed by atoms with Crippen LogP contribution in [0.4, 0.5) is 5.69 Å². The molecule has 1 aromatic heterocycles. The van der Waals surface area contributed by atoms with Crippen LogP contribution in [0.15, 0.2) is 97.2 Å². The van der Waals surface area contributed by atoms with Crippen LogP contribution in [0.1, 0.15) is 60.7 Å². The van der Waals surface area contributed by atoms with Gasteiger partial charge in [0.25, 0.3) is 5.91 Å². The zero-order valence-corrected chi connectivity index (χ0v) is 29.7. The summed E-state index contributed by atoms with van der Waals surface area (Å²) in [6.45, 7) is 10.2. The molecule has 5 rings (SSSR count). The highest BCUT2D eigenvalue weighted by molar-refractivity contribution is 6.01. The van der Waals surface area contributed by atoms with Gasteiger partial charge in [-0.05, 0) is 84.5 Å². The van der Waals surface area contributed by atoms with Gasteiger partial charge in [0.15, 0.2) is 0 Å². The van der Waals surface area contributed by atoms with Gasteiger partial charge in [0, 0.05) is 25.4 Å². The van der Waals surface area contributed by atoms with Crippen molar-refractivity contribution in [3.63, 3.8) is 0 Å². The van der Waals surface area contributed by atoms with Crippen LogP contribution in [0.25, 0.3) is 6.08 Å². The molecule has 1 aliphatic rings. The molecule has 1 heterocycles. The molecule has 0 radical (unpaired) electrons. The van der Waals surface area contributed by atoms with Crippen molar-refractivity contribution in [2.24, 2.45) is 11.8 Å². The average Bonchev–Trinajstić information content (AvgIpc) is 3.55. The SMILES string of the molecule is CC[C@H](C)CN(C(=O)[C@H](NC(C)=O)C1Cc2ccccc2C1)C(/C=C/c1cnc(C)cc1C)C(=O)Nc1ccccc1OCc1ccccc1. The average molecular weight is 673 g/mol. The second-order valence-corrected chi connectivity index (χ2v) is 13.4. The molecule has 8 nitrogen and oxygen atoms in total. The molecular weight excluding hydrogens is 624 g/mol. The summed E-state index contributed by atoms with van der Waals surface area (Å²) in [6.07, 6.45) is 7.54. The molecule has 3 amide bonds. The molecular formula is C42H48N4O4. The number of aryl methyl sites for hydroxylation is 2.